The Hall–Kier alpha value is 0.310. The second kappa shape index (κ2) is 3.59. The van der Waals surface area contributed by atoms with Crippen molar-refractivity contribution in [1.29, 1.82) is 0 Å². The summed E-state index contributed by atoms with van der Waals surface area (Å²) in [5.74, 6) is 0.737. The molecule has 72 valence electrons. The summed E-state index contributed by atoms with van der Waals surface area (Å²) in [6.45, 7) is 11.6. The van der Waals surface area contributed by atoms with Crippen molar-refractivity contribution < 1.29 is 0 Å². The van der Waals surface area contributed by atoms with E-state index in [2.05, 4.69) is 45.2 Å². The first-order valence-electron chi connectivity index (χ1n) is 4.84. The molecule has 0 bridgehead atoms. The van der Waals surface area contributed by atoms with Crippen molar-refractivity contribution in [3.63, 3.8) is 0 Å². The number of piperidine rings is 1. The minimum absolute atomic E-state index is 0.335. The Morgan fingerprint density at radius 3 is 2.33 bits per heavy atom. The van der Waals surface area contributed by atoms with E-state index < -0.39 is 0 Å². The van der Waals surface area contributed by atoms with Gasteiger partial charge >= 0.3 is 0 Å². The molecule has 1 fully saturated rings. The van der Waals surface area contributed by atoms with Gasteiger partial charge in [-0.15, -0.1) is 0 Å². The number of likely N-dealkylation sites (tertiary alicyclic amines) is 1. The van der Waals surface area contributed by atoms with Gasteiger partial charge in [0.25, 0.3) is 0 Å². The van der Waals surface area contributed by atoms with Gasteiger partial charge in [0.1, 0.15) is 0 Å². The Bertz CT molecular complexity index is 150. The lowest BCUT2D eigenvalue weighted by molar-refractivity contribution is 0.0878. The third-order valence-corrected chi connectivity index (χ3v) is 3.58. The van der Waals surface area contributed by atoms with Gasteiger partial charge in [-0.25, -0.2) is 0 Å². The van der Waals surface area contributed by atoms with Crippen LogP contribution in [0.2, 0.25) is 0 Å². The topological polar surface area (TPSA) is 3.24 Å². The average Bonchev–Trinajstić information content (AvgIpc) is 1.92. The molecule has 0 spiro atoms. The summed E-state index contributed by atoms with van der Waals surface area (Å²) < 4.78 is 0. The Labute approximate surface area is 81.9 Å². The fourth-order valence-electron chi connectivity index (χ4n) is 1.74. The van der Waals surface area contributed by atoms with Crippen LogP contribution in [0.4, 0.5) is 0 Å². The largest absolute Gasteiger partial charge is 0.298 e. The molecule has 0 radical (unpaired) electrons. The van der Waals surface area contributed by atoms with Crippen LogP contribution in [0, 0.1) is 5.92 Å². The maximum absolute atomic E-state index is 4.57. The molecule has 1 aliphatic heterocycles. The second-order valence-electron chi connectivity index (χ2n) is 4.95. The van der Waals surface area contributed by atoms with E-state index in [4.69, 9.17) is 0 Å². The molecule has 0 amide bonds. The molecule has 0 N–H and O–H groups in total. The van der Waals surface area contributed by atoms with Crippen molar-refractivity contribution in [1.82, 2.24) is 4.90 Å². The molecular weight excluding hydrogens is 166 g/mol. The van der Waals surface area contributed by atoms with Crippen LogP contribution in [0.3, 0.4) is 0 Å². The van der Waals surface area contributed by atoms with E-state index in [0.29, 0.717) is 10.8 Å². The average molecular weight is 187 g/mol. The highest BCUT2D eigenvalue weighted by Crippen LogP contribution is 2.26. The molecule has 12 heavy (non-hydrogen) atoms. The Morgan fingerprint density at radius 1 is 1.33 bits per heavy atom. The van der Waals surface area contributed by atoms with E-state index in [1.54, 1.807) is 0 Å². The zero-order valence-electron chi connectivity index (χ0n) is 8.67. The highest BCUT2D eigenvalue weighted by molar-refractivity contribution is 7.81. The molecule has 1 rings (SSSR count). The van der Waals surface area contributed by atoms with E-state index in [-0.39, 0.29) is 0 Å². The maximum Gasteiger partial charge on any atom is 0.0125 e. The quantitative estimate of drug-likeness (QED) is 0.570. The first kappa shape index (κ1) is 10.4. The highest BCUT2D eigenvalue weighted by Gasteiger charge is 2.29. The number of thiol groups is 1. The first-order chi connectivity index (χ1) is 5.41. The third-order valence-electron chi connectivity index (χ3n) is 2.81. The van der Waals surface area contributed by atoms with Crippen molar-refractivity contribution in [2.24, 2.45) is 5.92 Å². The lowest BCUT2D eigenvalue weighted by Gasteiger charge is -2.42. The summed E-state index contributed by atoms with van der Waals surface area (Å²) in [5.41, 5.74) is 0.335. The maximum atomic E-state index is 4.57. The number of nitrogens with zero attached hydrogens (tertiary/aromatic N) is 1. The minimum atomic E-state index is 0.335. The van der Waals surface area contributed by atoms with Gasteiger partial charge in [-0.2, -0.15) is 12.6 Å². The molecule has 2 unspecified atom stereocenters. The second-order valence-corrected chi connectivity index (χ2v) is 5.61. The molecule has 1 nitrogen and oxygen atoms in total. The predicted molar refractivity (Wildman–Crippen MR) is 57.9 cm³/mol. The van der Waals surface area contributed by atoms with Crippen molar-refractivity contribution in [3.8, 4) is 0 Å². The van der Waals surface area contributed by atoms with Crippen LogP contribution in [-0.2, 0) is 0 Å². The normalized spacial score (nSPS) is 33.8. The van der Waals surface area contributed by atoms with Crippen LogP contribution in [0.5, 0.6) is 0 Å². The van der Waals surface area contributed by atoms with Crippen LogP contribution in [-0.4, -0.2) is 28.8 Å². The molecule has 0 aromatic carbocycles. The smallest absolute Gasteiger partial charge is 0.0125 e. The van der Waals surface area contributed by atoms with E-state index in [1.807, 2.05) is 0 Å². The molecule has 2 atom stereocenters. The van der Waals surface area contributed by atoms with Gasteiger partial charge in [0, 0.05) is 17.3 Å². The fourth-order valence-corrected chi connectivity index (χ4v) is 1.95. The number of hydrogen-bond acceptors (Lipinski definition) is 2. The minimum Gasteiger partial charge on any atom is -0.298 e. The van der Waals surface area contributed by atoms with Crippen LogP contribution in [0.1, 0.15) is 34.1 Å². The third kappa shape index (κ3) is 2.40. The zero-order valence-corrected chi connectivity index (χ0v) is 9.56. The van der Waals surface area contributed by atoms with Crippen molar-refractivity contribution in [3.05, 3.63) is 0 Å². The van der Waals surface area contributed by atoms with Gasteiger partial charge in [0.15, 0.2) is 0 Å². The summed E-state index contributed by atoms with van der Waals surface area (Å²) in [5, 5.41) is 0.614. The van der Waals surface area contributed by atoms with Gasteiger partial charge in [-0.05, 0) is 39.7 Å². The Balaban J connectivity index is 2.51. The van der Waals surface area contributed by atoms with E-state index >= 15 is 0 Å². The molecule has 1 saturated heterocycles. The first-order valence-corrected chi connectivity index (χ1v) is 5.36. The zero-order chi connectivity index (χ0) is 9.35. The molecule has 1 aliphatic rings. The standard InChI is InChI=1S/C10H21NS/c1-8-7-11(10(2,3)4)6-5-9(8)12/h8-9,12H,5-7H2,1-4H3. The van der Waals surface area contributed by atoms with Crippen molar-refractivity contribution >= 4 is 12.6 Å². The van der Waals surface area contributed by atoms with Crippen LogP contribution in [0.25, 0.3) is 0 Å². The number of rotatable bonds is 0. The van der Waals surface area contributed by atoms with Gasteiger partial charge in [0.05, 0.1) is 0 Å². The molecular formula is C10H21NS. The summed E-state index contributed by atoms with van der Waals surface area (Å²) in [4.78, 5) is 2.56. The predicted octanol–water partition coefficient (Wildman–Crippen LogP) is 2.43. The summed E-state index contributed by atoms with van der Waals surface area (Å²) in [7, 11) is 0. The molecule has 2 heteroatoms. The van der Waals surface area contributed by atoms with Crippen LogP contribution in [0.15, 0.2) is 0 Å². The summed E-state index contributed by atoms with van der Waals surface area (Å²) in [6, 6.07) is 0. The summed E-state index contributed by atoms with van der Waals surface area (Å²) >= 11 is 4.57. The van der Waals surface area contributed by atoms with Gasteiger partial charge < -0.3 is 0 Å². The van der Waals surface area contributed by atoms with Crippen molar-refractivity contribution in [2.75, 3.05) is 13.1 Å². The molecule has 0 aromatic rings. The molecule has 0 aromatic heterocycles. The van der Waals surface area contributed by atoms with E-state index in [9.17, 15) is 0 Å². The molecule has 0 aliphatic carbocycles. The number of hydrogen-bond donors (Lipinski definition) is 1. The molecule has 1 heterocycles. The van der Waals surface area contributed by atoms with E-state index in [0.717, 1.165) is 5.92 Å². The fraction of sp³-hybridized carbons (Fsp3) is 1.00. The van der Waals surface area contributed by atoms with Gasteiger partial charge in [-0.3, -0.25) is 4.90 Å². The van der Waals surface area contributed by atoms with Gasteiger partial charge in [0.2, 0.25) is 0 Å². The Kier molecular flexibility index (Phi) is 3.11. The lowest BCUT2D eigenvalue weighted by atomic mass is 9.94. The monoisotopic (exact) mass is 187 g/mol. The highest BCUT2D eigenvalue weighted by atomic mass is 32.1. The Morgan fingerprint density at radius 2 is 1.92 bits per heavy atom. The van der Waals surface area contributed by atoms with Gasteiger partial charge in [-0.1, -0.05) is 6.92 Å². The molecule has 0 saturated carbocycles. The van der Waals surface area contributed by atoms with Crippen molar-refractivity contribution in [2.45, 2.75) is 44.9 Å². The van der Waals surface area contributed by atoms with Crippen LogP contribution < -0.4 is 0 Å². The van der Waals surface area contributed by atoms with E-state index in [1.165, 1.54) is 19.5 Å². The summed E-state index contributed by atoms with van der Waals surface area (Å²) in [6.07, 6.45) is 1.24. The van der Waals surface area contributed by atoms with Crippen LogP contribution >= 0.6 is 12.6 Å². The lowest BCUT2D eigenvalue weighted by Crippen LogP contribution is -2.49. The SMILES string of the molecule is CC1CN(C(C)(C)C)CCC1S.